The number of rotatable bonds is 4. The lowest BCUT2D eigenvalue weighted by atomic mass is 10.3. The van der Waals surface area contributed by atoms with Gasteiger partial charge in [0.15, 0.2) is 5.75 Å². The van der Waals surface area contributed by atoms with Crippen LogP contribution in [0, 0.1) is 6.92 Å². The van der Waals surface area contributed by atoms with Crippen LogP contribution in [0.4, 0.5) is 11.4 Å². The van der Waals surface area contributed by atoms with E-state index in [1.54, 1.807) is 16.8 Å². The number of nitrogens with two attached hydrogens (primary N) is 1. The Morgan fingerprint density at radius 3 is 2.80 bits per heavy atom. The third kappa shape index (κ3) is 2.74. The molecule has 0 unspecified atom stereocenters. The van der Waals surface area contributed by atoms with Crippen molar-refractivity contribution in [2.24, 2.45) is 0 Å². The molecule has 106 valence electrons. The minimum Gasteiger partial charge on any atom is -0.435 e. The first-order valence-electron chi connectivity index (χ1n) is 6.40. The first-order valence-corrected chi connectivity index (χ1v) is 6.40. The Labute approximate surface area is 117 Å². The molecule has 2 aromatic rings. The van der Waals surface area contributed by atoms with Crippen molar-refractivity contribution >= 4 is 17.3 Å². The smallest absolute Gasteiger partial charge is 0.241 e. The number of nitrogens with zero attached hydrogens (tertiary/aromatic N) is 2. The van der Waals surface area contributed by atoms with Gasteiger partial charge in [-0.2, -0.15) is 5.10 Å². The summed E-state index contributed by atoms with van der Waals surface area (Å²) in [4.78, 5) is 11.2. The van der Waals surface area contributed by atoms with Crippen molar-refractivity contribution in [1.82, 2.24) is 9.78 Å². The fourth-order valence-corrected chi connectivity index (χ4v) is 1.85. The number of anilines is 2. The zero-order chi connectivity index (χ0) is 14.7. The second-order valence-corrected chi connectivity index (χ2v) is 4.40. The lowest BCUT2D eigenvalue weighted by Crippen LogP contribution is -2.08. The van der Waals surface area contributed by atoms with E-state index < -0.39 is 0 Å². The van der Waals surface area contributed by atoms with Gasteiger partial charge in [-0.15, -0.1) is 0 Å². The molecule has 0 aliphatic rings. The van der Waals surface area contributed by atoms with Gasteiger partial charge in [0.1, 0.15) is 5.69 Å². The molecule has 1 amide bonds. The van der Waals surface area contributed by atoms with Crippen LogP contribution in [0.25, 0.3) is 0 Å². The number of aromatic nitrogens is 2. The number of carbonyl (C=O) groups is 1. The number of nitrogens with one attached hydrogen (secondary N) is 1. The largest absolute Gasteiger partial charge is 0.435 e. The van der Waals surface area contributed by atoms with Crippen molar-refractivity contribution in [3.63, 3.8) is 0 Å². The van der Waals surface area contributed by atoms with E-state index in [2.05, 4.69) is 10.4 Å². The number of amides is 1. The van der Waals surface area contributed by atoms with E-state index in [-0.39, 0.29) is 5.91 Å². The Hall–Kier alpha value is -2.50. The van der Waals surface area contributed by atoms with Crippen LogP contribution < -0.4 is 15.8 Å². The average molecular weight is 274 g/mol. The summed E-state index contributed by atoms with van der Waals surface area (Å²) in [5, 5.41) is 7.02. The first-order chi connectivity index (χ1) is 9.52. The van der Waals surface area contributed by atoms with Gasteiger partial charge in [-0.05, 0) is 26.0 Å². The molecule has 0 atom stereocenters. The minimum atomic E-state index is -0.158. The zero-order valence-corrected chi connectivity index (χ0v) is 11.8. The molecule has 0 saturated carbocycles. The molecule has 1 aromatic carbocycles. The molecule has 0 aliphatic carbocycles. The molecule has 0 saturated heterocycles. The highest BCUT2D eigenvalue weighted by Crippen LogP contribution is 2.33. The number of hydrogen-bond acceptors (Lipinski definition) is 4. The lowest BCUT2D eigenvalue weighted by Gasteiger charge is -2.12. The Kier molecular flexibility index (Phi) is 3.93. The number of carbonyl (C=O) groups excluding carboxylic acids is 1. The quantitative estimate of drug-likeness (QED) is 0.897. The normalized spacial score (nSPS) is 10.3. The van der Waals surface area contributed by atoms with Gasteiger partial charge >= 0.3 is 0 Å². The topological polar surface area (TPSA) is 82.2 Å². The summed E-state index contributed by atoms with van der Waals surface area (Å²) in [6, 6.07) is 7.19. The summed E-state index contributed by atoms with van der Waals surface area (Å²) in [7, 11) is 0. The van der Waals surface area contributed by atoms with E-state index in [0.717, 1.165) is 5.69 Å². The van der Waals surface area contributed by atoms with E-state index in [1.165, 1.54) is 6.92 Å². The van der Waals surface area contributed by atoms with Gasteiger partial charge in [-0.1, -0.05) is 12.1 Å². The van der Waals surface area contributed by atoms with Gasteiger partial charge in [0.2, 0.25) is 11.8 Å². The van der Waals surface area contributed by atoms with E-state index in [9.17, 15) is 4.79 Å². The van der Waals surface area contributed by atoms with Crippen molar-refractivity contribution in [3.05, 3.63) is 30.0 Å². The molecular weight excluding hydrogens is 256 g/mol. The summed E-state index contributed by atoms with van der Waals surface area (Å²) in [6.07, 6.45) is 0. The maximum Gasteiger partial charge on any atom is 0.241 e. The molecule has 0 aliphatic heterocycles. The number of ether oxygens (including phenoxy) is 1. The van der Waals surface area contributed by atoms with Crippen LogP contribution >= 0.6 is 0 Å². The highest BCUT2D eigenvalue weighted by molar-refractivity contribution is 5.90. The molecule has 3 N–H and O–H groups in total. The standard InChI is InChI=1S/C14H18N4O2/c1-4-18-14(13(15)9(2)17-18)20-12-8-6-5-7-11(12)16-10(3)19/h5-8H,4,15H2,1-3H3,(H,16,19). The van der Waals surface area contributed by atoms with Crippen molar-refractivity contribution in [2.45, 2.75) is 27.3 Å². The molecule has 0 radical (unpaired) electrons. The van der Waals surface area contributed by atoms with Gasteiger partial charge in [0, 0.05) is 13.5 Å². The molecule has 0 bridgehead atoms. The number of hydrogen-bond donors (Lipinski definition) is 2. The third-order valence-corrected chi connectivity index (χ3v) is 2.83. The Morgan fingerprint density at radius 2 is 2.15 bits per heavy atom. The molecule has 1 heterocycles. The highest BCUT2D eigenvalue weighted by Gasteiger charge is 2.15. The average Bonchev–Trinajstić information content (AvgIpc) is 2.68. The van der Waals surface area contributed by atoms with Gasteiger partial charge in [-0.3, -0.25) is 4.79 Å². The van der Waals surface area contributed by atoms with Crippen molar-refractivity contribution in [2.75, 3.05) is 11.1 Å². The Bertz CT molecular complexity index is 634. The maximum atomic E-state index is 11.2. The van der Waals surface area contributed by atoms with Crippen LogP contribution in [0.1, 0.15) is 19.5 Å². The van der Waals surface area contributed by atoms with E-state index in [0.29, 0.717) is 29.5 Å². The third-order valence-electron chi connectivity index (χ3n) is 2.83. The number of nitrogen functional groups attached to an aromatic ring is 1. The highest BCUT2D eigenvalue weighted by atomic mass is 16.5. The second-order valence-electron chi connectivity index (χ2n) is 4.40. The molecule has 2 rings (SSSR count). The van der Waals surface area contributed by atoms with E-state index in [4.69, 9.17) is 10.5 Å². The van der Waals surface area contributed by atoms with Crippen LogP contribution in [0.15, 0.2) is 24.3 Å². The van der Waals surface area contributed by atoms with Gasteiger partial charge in [0.25, 0.3) is 0 Å². The first kappa shape index (κ1) is 13.9. The molecule has 6 nitrogen and oxygen atoms in total. The SMILES string of the molecule is CCn1nc(C)c(N)c1Oc1ccccc1NC(C)=O. The van der Waals surface area contributed by atoms with Crippen LogP contribution in [-0.4, -0.2) is 15.7 Å². The molecule has 20 heavy (non-hydrogen) atoms. The Balaban J connectivity index is 2.37. The predicted molar refractivity (Wildman–Crippen MR) is 77.9 cm³/mol. The summed E-state index contributed by atoms with van der Waals surface area (Å²) < 4.78 is 7.53. The minimum absolute atomic E-state index is 0.158. The van der Waals surface area contributed by atoms with Crippen LogP contribution in [0.2, 0.25) is 0 Å². The fraction of sp³-hybridized carbons (Fsp3) is 0.286. The summed E-state index contributed by atoms with van der Waals surface area (Å²) in [6.45, 7) is 5.88. The molecular formula is C14H18N4O2. The molecule has 6 heteroatoms. The number of aryl methyl sites for hydroxylation is 2. The van der Waals surface area contributed by atoms with Crippen molar-refractivity contribution in [1.29, 1.82) is 0 Å². The van der Waals surface area contributed by atoms with Gasteiger partial charge in [0.05, 0.1) is 11.4 Å². The van der Waals surface area contributed by atoms with Crippen molar-refractivity contribution in [3.8, 4) is 11.6 Å². The zero-order valence-electron chi connectivity index (χ0n) is 11.8. The monoisotopic (exact) mass is 274 g/mol. The molecule has 0 spiro atoms. The van der Waals surface area contributed by atoms with Crippen LogP contribution in [0.3, 0.4) is 0 Å². The summed E-state index contributed by atoms with van der Waals surface area (Å²) in [5.74, 6) is 0.862. The number of benzene rings is 1. The fourth-order valence-electron chi connectivity index (χ4n) is 1.85. The van der Waals surface area contributed by atoms with Crippen LogP contribution in [-0.2, 0) is 11.3 Å². The maximum absolute atomic E-state index is 11.2. The lowest BCUT2D eigenvalue weighted by molar-refractivity contribution is -0.114. The van der Waals surface area contributed by atoms with Crippen LogP contribution in [0.5, 0.6) is 11.6 Å². The summed E-state index contributed by atoms with van der Waals surface area (Å²) in [5.41, 5.74) is 7.81. The summed E-state index contributed by atoms with van der Waals surface area (Å²) >= 11 is 0. The molecule has 1 aromatic heterocycles. The van der Waals surface area contributed by atoms with Gasteiger partial charge in [-0.25, -0.2) is 4.68 Å². The molecule has 0 fully saturated rings. The van der Waals surface area contributed by atoms with E-state index >= 15 is 0 Å². The Morgan fingerprint density at radius 1 is 1.45 bits per heavy atom. The second kappa shape index (κ2) is 5.64. The van der Waals surface area contributed by atoms with E-state index in [1.807, 2.05) is 26.0 Å². The number of para-hydroxylation sites is 2. The van der Waals surface area contributed by atoms with Gasteiger partial charge < -0.3 is 15.8 Å². The van der Waals surface area contributed by atoms with Crippen molar-refractivity contribution < 1.29 is 9.53 Å². The predicted octanol–water partition coefficient (Wildman–Crippen LogP) is 2.54.